The van der Waals surface area contributed by atoms with E-state index in [1.165, 1.54) is 58.2 Å². The topological polar surface area (TPSA) is 113 Å². The number of benzene rings is 1. The number of thiophene rings is 1. The number of carbonyl (C=O) groups excluding carboxylic acids is 1. The van der Waals surface area contributed by atoms with Crippen molar-refractivity contribution >= 4 is 62.2 Å². The van der Waals surface area contributed by atoms with Crippen LogP contribution in [-0.2, 0) is 17.8 Å². The summed E-state index contributed by atoms with van der Waals surface area (Å²) in [6, 6.07) is 5.63. The van der Waals surface area contributed by atoms with Crippen molar-refractivity contribution in [2.75, 3.05) is 12.0 Å². The summed E-state index contributed by atoms with van der Waals surface area (Å²) in [7, 11) is 0. The van der Waals surface area contributed by atoms with Crippen LogP contribution < -0.4 is 0 Å². The molecule has 0 amide bonds. The number of thioether (sulfide) groups is 2. The molecule has 0 spiro atoms. The van der Waals surface area contributed by atoms with Crippen LogP contribution in [0.5, 0.6) is 0 Å². The molecule has 0 radical (unpaired) electrons. The summed E-state index contributed by atoms with van der Waals surface area (Å²) in [5, 5.41) is 22.1. The minimum atomic E-state index is -0.485. The summed E-state index contributed by atoms with van der Waals surface area (Å²) in [6.07, 6.45) is 3.66. The molecular formula is C22H21N5O4S3. The van der Waals surface area contributed by atoms with Gasteiger partial charge in [-0.25, -0.2) is 9.38 Å². The lowest BCUT2D eigenvalue weighted by molar-refractivity contribution is -0.384. The molecule has 1 aliphatic heterocycles. The molecule has 3 aromatic heterocycles. The van der Waals surface area contributed by atoms with Gasteiger partial charge in [-0.05, 0) is 37.3 Å². The van der Waals surface area contributed by atoms with Crippen LogP contribution in [0.1, 0.15) is 41.1 Å². The summed E-state index contributed by atoms with van der Waals surface area (Å²) >= 11 is 4.43. The van der Waals surface area contributed by atoms with Crippen molar-refractivity contribution in [1.29, 1.82) is 0 Å². The van der Waals surface area contributed by atoms with Gasteiger partial charge in [-0.1, -0.05) is 30.4 Å². The Balaban J connectivity index is 1.49. The number of nitro groups is 1. The van der Waals surface area contributed by atoms with Gasteiger partial charge in [0.15, 0.2) is 21.7 Å². The largest absolute Gasteiger partial charge is 0.369 e. The van der Waals surface area contributed by atoms with E-state index in [0.29, 0.717) is 17.3 Å². The molecule has 0 aliphatic carbocycles. The van der Waals surface area contributed by atoms with Gasteiger partial charge in [0, 0.05) is 29.0 Å². The fourth-order valence-electron chi connectivity index (χ4n) is 3.96. The molecule has 0 unspecified atom stereocenters. The van der Waals surface area contributed by atoms with Crippen molar-refractivity contribution < 1.29 is 14.5 Å². The number of ether oxygens (including phenoxy) is 1. The van der Waals surface area contributed by atoms with Crippen molar-refractivity contribution in [3.8, 4) is 0 Å². The molecule has 0 bridgehead atoms. The Labute approximate surface area is 207 Å². The number of rotatable bonds is 7. The number of ketones is 1. The standard InChI is InChI=1S/C22H21N5O4S3/c1-4-22(2)9-14-16(10-31-22)34-19-17(14)18-24-25-21(26(18)20(23-19)32-3)33-11-15(28)12-5-7-13(8-6-12)27(29)30/h5-8H,4,9-11H2,1-3H3/t22-/m0/s1. The summed E-state index contributed by atoms with van der Waals surface area (Å²) in [4.78, 5) is 30.1. The van der Waals surface area contributed by atoms with E-state index >= 15 is 0 Å². The molecule has 0 saturated carbocycles. The first-order valence-corrected chi connectivity index (χ1v) is 13.6. The molecule has 4 heterocycles. The first kappa shape index (κ1) is 23.2. The average Bonchev–Trinajstić information content (AvgIpc) is 3.42. The maximum atomic E-state index is 12.7. The smallest absolute Gasteiger partial charge is 0.269 e. The molecule has 9 nitrogen and oxygen atoms in total. The highest BCUT2D eigenvalue weighted by Gasteiger charge is 2.33. The Hall–Kier alpha value is -2.54. The molecule has 1 atom stereocenters. The number of hydrogen-bond acceptors (Lipinski definition) is 10. The van der Waals surface area contributed by atoms with Crippen LogP contribution >= 0.6 is 34.9 Å². The number of aromatic nitrogens is 4. The Bertz CT molecular complexity index is 1430. The molecule has 1 aliphatic rings. The lowest BCUT2D eigenvalue weighted by Gasteiger charge is -2.32. The Morgan fingerprint density at radius 3 is 2.74 bits per heavy atom. The van der Waals surface area contributed by atoms with Gasteiger partial charge in [0.1, 0.15) is 4.83 Å². The van der Waals surface area contributed by atoms with Crippen molar-refractivity contribution in [1.82, 2.24) is 19.6 Å². The lowest BCUT2D eigenvalue weighted by Crippen LogP contribution is -2.33. The van der Waals surface area contributed by atoms with Gasteiger partial charge in [-0.3, -0.25) is 14.9 Å². The van der Waals surface area contributed by atoms with Crippen LogP contribution in [-0.4, -0.2) is 47.9 Å². The van der Waals surface area contributed by atoms with Crippen LogP contribution in [0.25, 0.3) is 15.9 Å². The van der Waals surface area contributed by atoms with E-state index in [2.05, 4.69) is 24.0 Å². The number of nitrogens with zero attached hydrogens (tertiary/aromatic N) is 5. The minimum absolute atomic E-state index is 0.0453. The van der Waals surface area contributed by atoms with Crippen LogP contribution in [0.3, 0.4) is 0 Å². The van der Waals surface area contributed by atoms with E-state index in [1.54, 1.807) is 11.3 Å². The number of carbonyl (C=O) groups is 1. The van der Waals surface area contributed by atoms with Gasteiger partial charge < -0.3 is 4.74 Å². The molecule has 176 valence electrons. The summed E-state index contributed by atoms with van der Waals surface area (Å²) in [5.41, 5.74) is 2.13. The van der Waals surface area contributed by atoms with Gasteiger partial charge in [0.2, 0.25) is 0 Å². The first-order valence-electron chi connectivity index (χ1n) is 10.6. The highest BCUT2D eigenvalue weighted by molar-refractivity contribution is 8.00. The zero-order chi connectivity index (χ0) is 24.0. The molecule has 0 N–H and O–H groups in total. The van der Waals surface area contributed by atoms with Gasteiger partial charge in [0.05, 0.1) is 28.3 Å². The maximum Gasteiger partial charge on any atom is 0.269 e. The second-order valence-corrected chi connectivity index (χ2v) is 11.0. The second kappa shape index (κ2) is 8.91. The predicted molar refractivity (Wildman–Crippen MR) is 133 cm³/mol. The maximum absolute atomic E-state index is 12.7. The zero-order valence-corrected chi connectivity index (χ0v) is 21.2. The van der Waals surface area contributed by atoms with Crippen LogP contribution in [0.4, 0.5) is 5.69 Å². The van der Waals surface area contributed by atoms with Crippen molar-refractivity contribution in [2.24, 2.45) is 0 Å². The van der Waals surface area contributed by atoms with Gasteiger partial charge in [0.25, 0.3) is 5.69 Å². The van der Waals surface area contributed by atoms with E-state index in [0.717, 1.165) is 33.9 Å². The average molecular weight is 516 g/mol. The Morgan fingerprint density at radius 2 is 2.06 bits per heavy atom. The number of non-ortho nitro benzene ring substituents is 1. The highest BCUT2D eigenvalue weighted by Crippen LogP contribution is 2.42. The molecule has 12 heteroatoms. The molecular weight excluding hydrogens is 494 g/mol. The lowest BCUT2D eigenvalue weighted by atomic mass is 9.90. The van der Waals surface area contributed by atoms with Crippen molar-refractivity contribution in [2.45, 2.75) is 49.2 Å². The van der Waals surface area contributed by atoms with E-state index in [1.807, 2.05) is 10.7 Å². The normalized spacial score (nSPS) is 17.9. The van der Waals surface area contributed by atoms with Crippen molar-refractivity contribution in [3.63, 3.8) is 0 Å². The number of fused-ring (bicyclic) bond motifs is 5. The predicted octanol–water partition coefficient (Wildman–Crippen LogP) is 5.19. The fraction of sp³-hybridized carbons (Fsp3) is 0.364. The number of Topliss-reactive ketones (excluding diaryl/α,β-unsaturated/α-hetero) is 1. The zero-order valence-electron chi connectivity index (χ0n) is 18.7. The van der Waals surface area contributed by atoms with Crippen LogP contribution in [0.2, 0.25) is 0 Å². The van der Waals surface area contributed by atoms with Gasteiger partial charge in [-0.15, -0.1) is 21.5 Å². The third-order valence-corrected chi connectivity index (χ3v) is 8.75. The number of nitro benzene ring substituents is 1. The summed E-state index contributed by atoms with van der Waals surface area (Å²) in [6.45, 7) is 4.84. The minimum Gasteiger partial charge on any atom is -0.369 e. The molecule has 4 aromatic rings. The fourth-order valence-corrected chi connectivity index (χ4v) is 6.54. The van der Waals surface area contributed by atoms with E-state index < -0.39 is 4.92 Å². The third kappa shape index (κ3) is 3.98. The second-order valence-electron chi connectivity index (χ2n) is 8.21. The van der Waals surface area contributed by atoms with Crippen LogP contribution in [0.15, 0.2) is 34.6 Å². The highest BCUT2D eigenvalue weighted by atomic mass is 32.2. The summed E-state index contributed by atoms with van der Waals surface area (Å²) < 4.78 is 8.05. The Kier molecular flexibility index (Phi) is 6.09. The molecule has 0 saturated heterocycles. The van der Waals surface area contributed by atoms with E-state index in [9.17, 15) is 14.9 Å². The van der Waals surface area contributed by atoms with Gasteiger partial charge in [-0.2, -0.15) is 0 Å². The van der Waals surface area contributed by atoms with Gasteiger partial charge >= 0.3 is 0 Å². The van der Waals surface area contributed by atoms with E-state index in [4.69, 9.17) is 9.72 Å². The molecule has 34 heavy (non-hydrogen) atoms. The van der Waals surface area contributed by atoms with Crippen molar-refractivity contribution in [3.05, 3.63) is 50.4 Å². The quantitative estimate of drug-likeness (QED) is 0.108. The van der Waals surface area contributed by atoms with E-state index in [-0.39, 0.29) is 22.8 Å². The monoisotopic (exact) mass is 515 g/mol. The molecule has 0 fully saturated rings. The molecule has 5 rings (SSSR count). The SMILES string of the molecule is CC[C@@]1(C)Cc2c(sc3nc(SC)n4c(SCC(=O)c5ccc([N+](=O)[O-])cc5)nnc4c23)CO1. The third-order valence-electron chi connectivity index (χ3n) is 6.08. The number of hydrogen-bond donors (Lipinski definition) is 0. The Morgan fingerprint density at radius 1 is 1.29 bits per heavy atom. The first-order chi connectivity index (χ1) is 16.3. The molecule has 1 aromatic carbocycles. The van der Waals surface area contributed by atoms with Crippen LogP contribution in [0, 0.1) is 10.1 Å². The summed E-state index contributed by atoms with van der Waals surface area (Å²) in [5.74, 6) is -0.00585.